The Morgan fingerprint density at radius 1 is 1.25 bits per heavy atom. The number of benzene rings is 1. The quantitative estimate of drug-likeness (QED) is 0.337. The van der Waals surface area contributed by atoms with E-state index >= 15 is 0 Å². The highest BCUT2D eigenvalue weighted by atomic mass is 35.6. The minimum Gasteiger partial charge on any atom is -0.339 e. The normalized spacial score (nSPS) is 12.2. The molecule has 1 atom stereocenters. The first-order valence-electron chi connectivity index (χ1n) is 5.45. The number of anilines is 1. The average Bonchev–Trinajstić information content (AvgIpc) is 2.37. The summed E-state index contributed by atoms with van der Waals surface area (Å²) in [5, 5.41) is 8.26. The molecule has 1 unspecified atom stereocenters. The molecule has 1 aromatic rings. The standard InChI is InChI=1S/C12H12Cl3N3OS/c1-2-9(19)17-10(12(13,14)15)18-11(20)16-8-6-4-3-5-7-8/h2-7,10H,1H2,(H,17,19)(H2,16,18,20). The molecule has 20 heavy (non-hydrogen) atoms. The Labute approximate surface area is 137 Å². The second-order valence-corrected chi connectivity index (χ2v) is 6.43. The third-order valence-corrected chi connectivity index (χ3v) is 2.98. The summed E-state index contributed by atoms with van der Waals surface area (Å²) in [5.74, 6) is -0.490. The van der Waals surface area contributed by atoms with E-state index in [1.54, 1.807) is 0 Å². The molecular formula is C12H12Cl3N3OS. The van der Waals surface area contributed by atoms with Crippen molar-refractivity contribution >= 4 is 63.7 Å². The van der Waals surface area contributed by atoms with Gasteiger partial charge in [-0.1, -0.05) is 59.6 Å². The number of carbonyl (C=O) groups is 1. The third kappa shape index (κ3) is 5.96. The third-order valence-electron chi connectivity index (χ3n) is 2.11. The average molecular weight is 353 g/mol. The monoisotopic (exact) mass is 351 g/mol. The lowest BCUT2D eigenvalue weighted by atomic mass is 10.3. The van der Waals surface area contributed by atoms with Gasteiger partial charge in [0.2, 0.25) is 9.70 Å². The number of thiocarbonyl (C=S) groups is 1. The summed E-state index contributed by atoms with van der Waals surface area (Å²) in [5.41, 5.74) is 0.767. The van der Waals surface area contributed by atoms with Gasteiger partial charge < -0.3 is 16.0 Å². The zero-order chi connectivity index (χ0) is 15.2. The topological polar surface area (TPSA) is 53.2 Å². The molecule has 0 saturated heterocycles. The molecule has 0 aliphatic rings. The minimum atomic E-state index is -1.78. The van der Waals surface area contributed by atoms with Crippen molar-refractivity contribution in [2.75, 3.05) is 5.32 Å². The number of halogens is 3. The fourth-order valence-electron chi connectivity index (χ4n) is 1.22. The summed E-state index contributed by atoms with van der Waals surface area (Å²) >= 11 is 22.4. The largest absolute Gasteiger partial charge is 0.339 e. The fraction of sp³-hybridized carbons (Fsp3) is 0.167. The van der Waals surface area contributed by atoms with Crippen molar-refractivity contribution in [2.24, 2.45) is 0 Å². The number of amides is 1. The van der Waals surface area contributed by atoms with Crippen molar-refractivity contribution in [1.82, 2.24) is 10.6 Å². The zero-order valence-corrected chi connectivity index (χ0v) is 13.3. The van der Waals surface area contributed by atoms with Crippen molar-refractivity contribution in [3.8, 4) is 0 Å². The van der Waals surface area contributed by atoms with Crippen LogP contribution in [0.3, 0.4) is 0 Å². The zero-order valence-electron chi connectivity index (χ0n) is 10.2. The van der Waals surface area contributed by atoms with Gasteiger partial charge in [-0.25, -0.2) is 0 Å². The van der Waals surface area contributed by atoms with Crippen LogP contribution in [0.2, 0.25) is 0 Å². The first-order valence-corrected chi connectivity index (χ1v) is 6.99. The van der Waals surface area contributed by atoms with Crippen molar-refractivity contribution in [3.63, 3.8) is 0 Å². The van der Waals surface area contributed by atoms with E-state index in [9.17, 15) is 4.79 Å². The summed E-state index contributed by atoms with van der Waals surface area (Å²) < 4.78 is -1.78. The van der Waals surface area contributed by atoms with Gasteiger partial charge >= 0.3 is 0 Å². The predicted octanol–water partition coefficient (Wildman–Crippen LogP) is 2.97. The van der Waals surface area contributed by atoms with Crippen LogP contribution < -0.4 is 16.0 Å². The summed E-state index contributed by atoms with van der Waals surface area (Å²) in [7, 11) is 0. The maximum atomic E-state index is 11.3. The van der Waals surface area contributed by atoms with Crippen LogP contribution in [0.25, 0.3) is 0 Å². The first kappa shape index (κ1) is 17.0. The molecule has 4 nitrogen and oxygen atoms in total. The van der Waals surface area contributed by atoms with E-state index in [4.69, 9.17) is 47.0 Å². The Kier molecular flexibility index (Phi) is 6.55. The van der Waals surface area contributed by atoms with Crippen LogP contribution in [0.5, 0.6) is 0 Å². The Morgan fingerprint density at radius 3 is 2.35 bits per heavy atom. The molecule has 0 saturated carbocycles. The van der Waals surface area contributed by atoms with Crippen LogP contribution in [0.1, 0.15) is 0 Å². The van der Waals surface area contributed by atoms with Gasteiger partial charge in [0.25, 0.3) is 0 Å². The van der Waals surface area contributed by atoms with E-state index in [0.717, 1.165) is 11.8 Å². The van der Waals surface area contributed by atoms with E-state index in [1.165, 1.54) is 0 Å². The number of hydrogen-bond donors (Lipinski definition) is 3. The highest BCUT2D eigenvalue weighted by Gasteiger charge is 2.34. The van der Waals surface area contributed by atoms with E-state index in [2.05, 4.69) is 22.5 Å². The number of rotatable bonds is 4. The Bertz CT molecular complexity index is 490. The van der Waals surface area contributed by atoms with Crippen molar-refractivity contribution in [1.29, 1.82) is 0 Å². The first-order chi connectivity index (χ1) is 9.32. The second kappa shape index (κ2) is 7.69. The van der Waals surface area contributed by atoms with E-state index in [0.29, 0.717) is 0 Å². The number of nitrogens with one attached hydrogen (secondary N) is 3. The number of hydrogen-bond acceptors (Lipinski definition) is 2. The lowest BCUT2D eigenvalue weighted by Crippen LogP contribution is -2.55. The molecule has 0 heterocycles. The molecule has 1 amide bonds. The lowest BCUT2D eigenvalue weighted by molar-refractivity contribution is -0.117. The van der Waals surface area contributed by atoms with Crippen LogP contribution in [-0.4, -0.2) is 21.0 Å². The molecular weight excluding hydrogens is 341 g/mol. The Balaban J connectivity index is 2.67. The smallest absolute Gasteiger partial charge is 0.245 e. The van der Waals surface area contributed by atoms with Gasteiger partial charge in [0.1, 0.15) is 6.17 Å². The SMILES string of the molecule is C=CC(=O)NC(NC(=S)Nc1ccccc1)C(Cl)(Cl)Cl. The Hall–Kier alpha value is -1.01. The summed E-state index contributed by atoms with van der Waals surface area (Å²) in [6.07, 6.45) is 0.0698. The molecule has 1 aromatic carbocycles. The molecule has 0 radical (unpaired) electrons. The number of para-hydroxylation sites is 1. The highest BCUT2D eigenvalue weighted by molar-refractivity contribution is 7.80. The summed E-state index contributed by atoms with van der Waals surface area (Å²) in [6, 6.07) is 9.20. The van der Waals surface area contributed by atoms with Crippen molar-refractivity contribution in [2.45, 2.75) is 9.96 Å². The molecule has 0 bridgehead atoms. The van der Waals surface area contributed by atoms with Crippen LogP contribution in [0.4, 0.5) is 5.69 Å². The Morgan fingerprint density at radius 2 is 1.85 bits per heavy atom. The van der Waals surface area contributed by atoms with Crippen molar-refractivity contribution in [3.05, 3.63) is 43.0 Å². The molecule has 0 aliphatic heterocycles. The summed E-state index contributed by atoms with van der Waals surface area (Å²) in [6.45, 7) is 3.33. The van der Waals surface area contributed by atoms with Gasteiger partial charge in [0.05, 0.1) is 0 Å². The molecule has 8 heteroatoms. The number of alkyl halides is 3. The van der Waals surface area contributed by atoms with Crippen molar-refractivity contribution < 1.29 is 4.79 Å². The van der Waals surface area contributed by atoms with Crippen LogP contribution in [0, 0.1) is 0 Å². The van der Waals surface area contributed by atoms with Gasteiger partial charge in [0, 0.05) is 5.69 Å². The van der Waals surface area contributed by atoms with E-state index < -0.39 is 15.9 Å². The van der Waals surface area contributed by atoms with Crippen LogP contribution in [0.15, 0.2) is 43.0 Å². The molecule has 108 valence electrons. The van der Waals surface area contributed by atoms with E-state index in [-0.39, 0.29) is 5.11 Å². The summed E-state index contributed by atoms with van der Waals surface area (Å²) in [4.78, 5) is 11.3. The highest BCUT2D eigenvalue weighted by Crippen LogP contribution is 2.29. The molecule has 0 spiro atoms. The van der Waals surface area contributed by atoms with Crippen LogP contribution in [-0.2, 0) is 4.79 Å². The molecule has 1 rings (SSSR count). The van der Waals surface area contributed by atoms with Crippen LogP contribution >= 0.6 is 47.0 Å². The van der Waals surface area contributed by atoms with Gasteiger partial charge in [-0.05, 0) is 30.4 Å². The van der Waals surface area contributed by atoms with Gasteiger partial charge in [-0.3, -0.25) is 4.79 Å². The maximum Gasteiger partial charge on any atom is 0.245 e. The lowest BCUT2D eigenvalue weighted by Gasteiger charge is -2.27. The minimum absolute atomic E-state index is 0.205. The predicted molar refractivity (Wildman–Crippen MR) is 88.2 cm³/mol. The second-order valence-electron chi connectivity index (χ2n) is 3.65. The van der Waals surface area contributed by atoms with Gasteiger partial charge in [-0.15, -0.1) is 0 Å². The van der Waals surface area contributed by atoms with E-state index in [1.807, 2.05) is 30.3 Å². The molecule has 0 aromatic heterocycles. The maximum absolute atomic E-state index is 11.3. The molecule has 0 aliphatic carbocycles. The molecule has 3 N–H and O–H groups in total. The van der Waals surface area contributed by atoms with Gasteiger partial charge in [0.15, 0.2) is 5.11 Å². The van der Waals surface area contributed by atoms with Gasteiger partial charge in [-0.2, -0.15) is 0 Å². The fourth-order valence-corrected chi connectivity index (χ4v) is 1.78. The molecule has 0 fully saturated rings. The number of carbonyl (C=O) groups excluding carboxylic acids is 1.